The van der Waals surface area contributed by atoms with Crippen LogP contribution in [0.4, 0.5) is 0 Å². The van der Waals surface area contributed by atoms with Gasteiger partial charge < -0.3 is 16.0 Å². The molecule has 1 unspecified atom stereocenters. The molecule has 1 aromatic rings. The fraction of sp³-hybridized carbons (Fsp3) is 0.467. The van der Waals surface area contributed by atoms with Crippen LogP contribution in [0.3, 0.4) is 0 Å². The van der Waals surface area contributed by atoms with Gasteiger partial charge in [-0.15, -0.1) is 0 Å². The third-order valence-corrected chi connectivity index (χ3v) is 3.51. The van der Waals surface area contributed by atoms with Gasteiger partial charge in [0.15, 0.2) is 0 Å². The van der Waals surface area contributed by atoms with Crippen molar-refractivity contribution in [2.75, 3.05) is 19.6 Å². The molecule has 5 heteroatoms. The molecule has 0 spiro atoms. The number of benzene rings is 1. The van der Waals surface area contributed by atoms with Gasteiger partial charge in [0.05, 0.1) is 6.54 Å². The Bertz CT molecular complexity index is 461. The Kier molecular flexibility index (Phi) is 5.12. The lowest BCUT2D eigenvalue weighted by molar-refractivity contribution is -0.135. The lowest BCUT2D eigenvalue weighted by Crippen LogP contribution is -2.37. The molecule has 0 bridgehead atoms. The maximum Gasteiger partial charge on any atom is 0.239 e. The predicted octanol–water partition coefficient (Wildman–Crippen LogP) is 0.815. The van der Waals surface area contributed by atoms with Gasteiger partial charge in [0.2, 0.25) is 11.8 Å². The molecule has 1 aromatic carbocycles. The minimum absolute atomic E-state index is 0.00781. The van der Waals surface area contributed by atoms with E-state index in [9.17, 15) is 9.59 Å². The molecule has 0 radical (unpaired) electrons. The Morgan fingerprint density at radius 2 is 2.10 bits per heavy atom. The van der Waals surface area contributed by atoms with Crippen LogP contribution in [-0.2, 0) is 9.59 Å². The smallest absolute Gasteiger partial charge is 0.239 e. The van der Waals surface area contributed by atoms with E-state index >= 15 is 0 Å². The lowest BCUT2D eigenvalue weighted by atomic mass is 10.0. The Hall–Kier alpha value is -1.88. The summed E-state index contributed by atoms with van der Waals surface area (Å²) in [5.41, 5.74) is 7.12. The minimum Gasteiger partial charge on any atom is -0.354 e. The number of nitrogens with one attached hydrogen (secondary N) is 1. The van der Waals surface area contributed by atoms with Gasteiger partial charge in [-0.3, -0.25) is 9.59 Å². The second kappa shape index (κ2) is 7.05. The standard InChI is InChI=1S/C15H21N3O2/c16-13(12-5-2-1-3-6-12)7-8-15(20)18-10-4-9-17-14(19)11-18/h1-3,5-6,13H,4,7-11,16H2,(H,17,19). The number of amides is 2. The van der Waals surface area contributed by atoms with E-state index in [0.29, 0.717) is 25.9 Å². The molecular weight excluding hydrogens is 254 g/mol. The first-order chi connectivity index (χ1) is 9.66. The molecule has 1 aliphatic heterocycles. The van der Waals surface area contributed by atoms with Crippen LogP contribution in [0.25, 0.3) is 0 Å². The average Bonchev–Trinajstić information content (AvgIpc) is 2.70. The van der Waals surface area contributed by atoms with E-state index in [0.717, 1.165) is 12.0 Å². The van der Waals surface area contributed by atoms with E-state index in [1.807, 2.05) is 30.3 Å². The SMILES string of the molecule is NC(CCC(=O)N1CCCNC(=O)C1)c1ccccc1. The predicted molar refractivity (Wildman–Crippen MR) is 76.8 cm³/mol. The molecule has 2 amide bonds. The van der Waals surface area contributed by atoms with Crippen molar-refractivity contribution in [2.45, 2.75) is 25.3 Å². The Morgan fingerprint density at radius 1 is 1.35 bits per heavy atom. The first-order valence-electron chi connectivity index (χ1n) is 7.02. The van der Waals surface area contributed by atoms with Crippen LogP contribution in [0.2, 0.25) is 0 Å². The number of carbonyl (C=O) groups is 2. The number of nitrogens with zero attached hydrogens (tertiary/aromatic N) is 1. The highest BCUT2D eigenvalue weighted by Gasteiger charge is 2.20. The van der Waals surface area contributed by atoms with E-state index < -0.39 is 0 Å². The van der Waals surface area contributed by atoms with Crippen molar-refractivity contribution < 1.29 is 9.59 Å². The fourth-order valence-electron chi connectivity index (χ4n) is 2.32. The van der Waals surface area contributed by atoms with Crippen molar-refractivity contribution in [3.8, 4) is 0 Å². The van der Waals surface area contributed by atoms with Crippen LogP contribution in [0.1, 0.15) is 30.9 Å². The number of hydrogen-bond donors (Lipinski definition) is 2. The third-order valence-electron chi connectivity index (χ3n) is 3.51. The van der Waals surface area contributed by atoms with E-state index in [2.05, 4.69) is 5.32 Å². The molecule has 3 N–H and O–H groups in total. The van der Waals surface area contributed by atoms with Crippen molar-refractivity contribution >= 4 is 11.8 Å². The molecule has 20 heavy (non-hydrogen) atoms. The van der Waals surface area contributed by atoms with Crippen molar-refractivity contribution in [3.05, 3.63) is 35.9 Å². The van der Waals surface area contributed by atoms with Crippen molar-refractivity contribution in [3.63, 3.8) is 0 Å². The topological polar surface area (TPSA) is 75.4 Å². The molecule has 2 rings (SSSR count). The number of carbonyl (C=O) groups excluding carboxylic acids is 2. The summed E-state index contributed by atoms with van der Waals surface area (Å²) in [4.78, 5) is 25.2. The number of hydrogen-bond acceptors (Lipinski definition) is 3. The summed E-state index contributed by atoms with van der Waals surface area (Å²) in [6.07, 6.45) is 1.78. The zero-order valence-electron chi connectivity index (χ0n) is 11.5. The maximum atomic E-state index is 12.1. The van der Waals surface area contributed by atoms with Crippen LogP contribution < -0.4 is 11.1 Å². The van der Waals surface area contributed by atoms with Gasteiger partial charge >= 0.3 is 0 Å². The highest BCUT2D eigenvalue weighted by atomic mass is 16.2. The summed E-state index contributed by atoms with van der Waals surface area (Å²) < 4.78 is 0. The van der Waals surface area contributed by atoms with Gasteiger partial charge in [0, 0.05) is 25.6 Å². The maximum absolute atomic E-state index is 12.1. The van der Waals surface area contributed by atoms with Crippen LogP contribution >= 0.6 is 0 Å². The Balaban J connectivity index is 1.84. The van der Waals surface area contributed by atoms with E-state index in [1.54, 1.807) is 4.90 Å². The summed E-state index contributed by atoms with van der Waals surface area (Å²) in [6.45, 7) is 1.45. The van der Waals surface area contributed by atoms with E-state index in [1.165, 1.54) is 0 Å². The normalized spacial score (nSPS) is 17.2. The lowest BCUT2D eigenvalue weighted by Gasteiger charge is -2.20. The molecule has 108 valence electrons. The summed E-state index contributed by atoms with van der Waals surface area (Å²) in [5.74, 6) is -0.0726. The molecule has 0 aromatic heterocycles. The zero-order chi connectivity index (χ0) is 14.4. The van der Waals surface area contributed by atoms with Gasteiger partial charge in [-0.2, -0.15) is 0 Å². The van der Waals surface area contributed by atoms with Crippen molar-refractivity contribution in [1.29, 1.82) is 0 Å². The molecule has 0 aliphatic carbocycles. The molecule has 1 aliphatic rings. The quantitative estimate of drug-likeness (QED) is 0.854. The minimum atomic E-state index is -0.138. The van der Waals surface area contributed by atoms with Crippen LogP contribution in [0.15, 0.2) is 30.3 Å². The van der Waals surface area contributed by atoms with Crippen LogP contribution in [0.5, 0.6) is 0 Å². The molecular formula is C15H21N3O2. The summed E-state index contributed by atoms with van der Waals surface area (Å²) in [5, 5.41) is 2.76. The van der Waals surface area contributed by atoms with Crippen molar-refractivity contribution in [2.24, 2.45) is 5.73 Å². The van der Waals surface area contributed by atoms with E-state index in [4.69, 9.17) is 5.73 Å². The monoisotopic (exact) mass is 275 g/mol. The zero-order valence-corrected chi connectivity index (χ0v) is 11.5. The van der Waals surface area contributed by atoms with Gasteiger partial charge in [-0.25, -0.2) is 0 Å². The third kappa shape index (κ3) is 4.06. The molecule has 1 fully saturated rings. The van der Waals surface area contributed by atoms with Crippen molar-refractivity contribution in [1.82, 2.24) is 10.2 Å². The largest absolute Gasteiger partial charge is 0.354 e. The number of nitrogens with two attached hydrogens (primary N) is 1. The van der Waals surface area contributed by atoms with Gasteiger partial charge in [0.25, 0.3) is 0 Å². The van der Waals surface area contributed by atoms with Crippen LogP contribution in [0, 0.1) is 0 Å². The molecule has 1 atom stereocenters. The fourth-order valence-corrected chi connectivity index (χ4v) is 2.32. The summed E-state index contributed by atoms with van der Waals surface area (Å²) in [7, 11) is 0. The second-order valence-electron chi connectivity index (χ2n) is 5.07. The first kappa shape index (κ1) is 14.5. The van der Waals surface area contributed by atoms with E-state index in [-0.39, 0.29) is 24.4 Å². The first-order valence-corrected chi connectivity index (χ1v) is 7.02. The second-order valence-corrected chi connectivity index (χ2v) is 5.07. The average molecular weight is 275 g/mol. The van der Waals surface area contributed by atoms with Gasteiger partial charge in [-0.05, 0) is 18.4 Å². The molecule has 1 saturated heterocycles. The summed E-state index contributed by atoms with van der Waals surface area (Å²) >= 11 is 0. The highest BCUT2D eigenvalue weighted by molar-refractivity contribution is 5.85. The molecule has 5 nitrogen and oxygen atoms in total. The van der Waals surface area contributed by atoms with Crippen LogP contribution in [-0.4, -0.2) is 36.3 Å². The highest BCUT2D eigenvalue weighted by Crippen LogP contribution is 2.16. The number of rotatable bonds is 4. The Labute approximate surface area is 119 Å². The van der Waals surface area contributed by atoms with Gasteiger partial charge in [-0.1, -0.05) is 30.3 Å². The molecule has 0 saturated carbocycles. The molecule has 1 heterocycles. The Morgan fingerprint density at radius 3 is 2.85 bits per heavy atom. The van der Waals surface area contributed by atoms with Gasteiger partial charge in [0.1, 0.15) is 0 Å². The summed E-state index contributed by atoms with van der Waals surface area (Å²) in [6, 6.07) is 9.62.